The molecule has 28 heavy (non-hydrogen) atoms. The zero-order valence-electron chi connectivity index (χ0n) is 15.1. The number of rotatable bonds is 2. The molecule has 2 atom stereocenters. The SMILES string of the molecule is O=C([C@H]1C[C@@]12CCOc1ccc(F)cc12)N1CCc2ncc([N+](=O)[O-])cc2C1. The Kier molecular flexibility index (Phi) is 3.65. The second-order valence-electron chi connectivity index (χ2n) is 7.72. The first-order chi connectivity index (χ1) is 13.5. The molecular weight excluding hydrogens is 365 g/mol. The molecule has 0 saturated heterocycles. The number of benzene rings is 1. The van der Waals surface area contributed by atoms with Crippen molar-refractivity contribution in [1.82, 2.24) is 9.88 Å². The van der Waals surface area contributed by atoms with Gasteiger partial charge in [0.25, 0.3) is 5.69 Å². The first kappa shape index (κ1) is 17.1. The summed E-state index contributed by atoms with van der Waals surface area (Å²) in [6.45, 7) is 1.37. The number of halogens is 1. The number of pyridine rings is 1. The number of fused-ring (bicyclic) bond motifs is 3. The monoisotopic (exact) mass is 383 g/mol. The molecule has 1 saturated carbocycles. The van der Waals surface area contributed by atoms with E-state index in [1.165, 1.54) is 24.4 Å². The van der Waals surface area contributed by atoms with Crippen LogP contribution in [0.4, 0.5) is 10.1 Å². The fourth-order valence-corrected chi connectivity index (χ4v) is 4.62. The molecule has 1 spiro atoms. The molecule has 0 bridgehead atoms. The van der Waals surface area contributed by atoms with Gasteiger partial charge in [0.1, 0.15) is 17.8 Å². The van der Waals surface area contributed by atoms with Crippen LogP contribution in [-0.4, -0.2) is 33.9 Å². The zero-order valence-corrected chi connectivity index (χ0v) is 15.1. The molecule has 0 radical (unpaired) electrons. The largest absolute Gasteiger partial charge is 0.493 e. The lowest BCUT2D eigenvalue weighted by molar-refractivity contribution is -0.385. The molecule has 144 valence electrons. The van der Waals surface area contributed by atoms with Crippen LogP contribution in [0.3, 0.4) is 0 Å². The summed E-state index contributed by atoms with van der Waals surface area (Å²) < 4.78 is 19.5. The molecule has 1 aromatic carbocycles. The van der Waals surface area contributed by atoms with Gasteiger partial charge in [-0.25, -0.2) is 4.39 Å². The van der Waals surface area contributed by atoms with Gasteiger partial charge in [-0.2, -0.15) is 0 Å². The molecule has 1 amide bonds. The lowest BCUT2D eigenvalue weighted by atomic mass is 9.87. The molecule has 0 unspecified atom stereocenters. The van der Waals surface area contributed by atoms with Crippen molar-refractivity contribution in [1.29, 1.82) is 0 Å². The van der Waals surface area contributed by atoms with Crippen LogP contribution in [0.25, 0.3) is 0 Å². The Hall–Kier alpha value is -3.03. The summed E-state index contributed by atoms with van der Waals surface area (Å²) in [4.78, 5) is 29.7. The highest BCUT2D eigenvalue weighted by Gasteiger charge is 2.62. The molecule has 2 aliphatic heterocycles. The summed E-state index contributed by atoms with van der Waals surface area (Å²) in [6.07, 6.45) is 3.21. The maximum absolute atomic E-state index is 13.8. The lowest BCUT2D eigenvalue weighted by Gasteiger charge is -2.31. The molecule has 3 aliphatic rings. The van der Waals surface area contributed by atoms with E-state index in [9.17, 15) is 19.3 Å². The third-order valence-electron chi connectivity index (χ3n) is 6.20. The van der Waals surface area contributed by atoms with Gasteiger partial charge in [0.2, 0.25) is 5.91 Å². The van der Waals surface area contributed by atoms with Crippen molar-refractivity contribution in [2.75, 3.05) is 13.2 Å². The van der Waals surface area contributed by atoms with E-state index in [0.29, 0.717) is 44.7 Å². The number of aromatic nitrogens is 1. The van der Waals surface area contributed by atoms with Gasteiger partial charge in [0.05, 0.1) is 11.5 Å². The Morgan fingerprint density at radius 1 is 1.39 bits per heavy atom. The van der Waals surface area contributed by atoms with E-state index in [-0.39, 0.29) is 28.7 Å². The summed E-state index contributed by atoms with van der Waals surface area (Å²) in [5.74, 6) is 0.151. The van der Waals surface area contributed by atoms with E-state index in [0.717, 1.165) is 16.8 Å². The molecule has 0 N–H and O–H groups in total. The Labute approximate surface area is 160 Å². The predicted molar refractivity (Wildman–Crippen MR) is 96.3 cm³/mol. The van der Waals surface area contributed by atoms with Crippen molar-refractivity contribution in [3.05, 3.63) is 63.2 Å². The molecule has 2 aromatic rings. The van der Waals surface area contributed by atoms with Gasteiger partial charge in [-0.15, -0.1) is 0 Å². The Morgan fingerprint density at radius 3 is 3.07 bits per heavy atom. The summed E-state index contributed by atoms with van der Waals surface area (Å²) in [5, 5.41) is 11.0. The van der Waals surface area contributed by atoms with Gasteiger partial charge in [0, 0.05) is 48.2 Å². The van der Waals surface area contributed by atoms with Gasteiger partial charge < -0.3 is 9.64 Å². The van der Waals surface area contributed by atoms with Crippen molar-refractivity contribution < 1.29 is 18.8 Å². The molecule has 1 fully saturated rings. The quantitative estimate of drug-likeness (QED) is 0.588. The van der Waals surface area contributed by atoms with Crippen LogP contribution in [0.5, 0.6) is 5.75 Å². The fraction of sp³-hybridized carbons (Fsp3) is 0.400. The molecule has 1 aliphatic carbocycles. The zero-order chi connectivity index (χ0) is 19.5. The number of nitrogens with zero attached hydrogens (tertiary/aromatic N) is 3. The van der Waals surface area contributed by atoms with Crippen LogP contribution in [-0.2, 0) is 23.2 Å². The molecular formula is C20H18FN3O4. The van der Waals surface area contributed by atoms with Crippen molar-refractivity contribution in [2.45, 2.75) is 31.2 Å². The van der Waals surface area contributed by atoms with Crippen LogP contribution >= 0.6 is 0 Å². The Morgan fingerprint density at radius 2 is 2.25 bits per heavy atom. The molecule has 1 aromatic heterocycles. The van der Waals surface area contributed by atoms with E-state index in [4.69, 9.17) is 4.74 Å². The van der Waals surface area contributed by atoms with E-state index >= 15 is 0 Å². The highest BCUT2D eigenvalue weighted by molar-refractivity contribution is 5.85. The van der Waals surface area contributed by atoms with Crippen LogP contribution in [0.2, 0.25) is 0 Å². The first-order valence-electron chi connectivity index (χ1n) is 9.32. The molecule has 8 heteroatoms. The maximum Gasteiger partial charge on any atom is 0.287 e. The van der Waals surface area contributed by atoms with Crippen molar-refractivity contribution in [2.24, 2.45) is 5.92 Å². The number of carbonyl (C=O) groups excluding carboxylic acids is 1. The molecule has 7 nitrogen and oxygen atoms in total. The van der Waals surface area contributed by atoms with Gasteiger partial charge in [-0.05, 0) is 36.6 Å². The summed E-state index contributed by atoms with van der Waals surface area (Å²) >= 11 is 0. The lowest BCUT2D eigenvalue weighted by Crippen LogP contribution is -2.39. The summed E-state index contributed by atoms with van der Waals surface area (Å²) in [6, 6.07) is 6.00. The highest BCUT2D eigenvalue weighted by atomic mass is 19.1. The third-order valence-corrected chi connectivity index (χ3v) is 6.20. The second kappa shape index (κ2) is 5.98. The minimum atomic E-state index is -0.475. The first-order valence-corrected chi connectivity index (χ1v) is 9.32. The Balaban J connectivity index is 1.39. The highest BCUT2D eigenvalue weighted by Crippen LogP contribution is 2.61. The van der Waals surface area contributed by atoms with Crippen LogP contribution in [0, 0.1) is 21.8 Å². The van der Waals surface area contributed by atoms with Gasteiger partial charge >= 0.3 is 0 Å². The fourth-order valence-electron chi connectivity index (χ4n) is 4.62. The standard InChI is InChI=1S/C20H18FN3O4/c21-13-1-2-18-15(8-13)20(4-6-28-18)9-16(20)19(25)23-5-3-17-12(11-23)7-14(10-22-17)24(26)27/h1-2,7-8,10,16H,3-6,9,11H2/t16-,20-/m1/s1. The van der Waals surface area contributed by atoms with Crippen molar-refractivity contribution in [3.8, 4) is 5.75 Å². The van der Waals surface area contributed by atoms with Crippen LogP contribution < -0.4 is 4.74 Å². The van der Waals surface area contributed by atoms with E-state index in [1.54, 1.807) is 11.0 Å². The number of amides is 1. The average molecular weight is 383 g/mol. The summed E-state index contributed by atoms with van der Waals surface area (Å²) in [7, 11) is 0. The second-order valence-corrected chi connectivity index (χ2v) is 7.72. The number of hydrogen-bond acceptors (Lipinski definition) is 5. The minimum absolute atomic E-state index is 0.0225. The van der Waals surface area contributed by atoms with Crippen molar-refractivity contribution in [3.63, 3.8) is 0 Å². The average Bonchev–Trinajstić information content (AvgIpc) is 3.41. The third kappa shape index (κ3) is 2.55. The Bertz CT molecular complexity index is 1010. The van der Waals surface area contributed by atoms with E-state index in [2.05, 4.69) is 4.98 Å². The summed E-state index contributed by atoms with van der Waals surface area (Å²) in [5.41, 5.74) is 1.89. The van der Waals surface area contributed by atoms with Crippen LogP contribution in [0.1, 0.15) is 29.7 Å². The number of ether oxygens (including phenoxy) is 1. The smallest absolute Gasteiger partial charge is 0.287 e. The topological polar surface area (TPSA) is 85.6 Å². The normalized spacial score (nSPS) is 24.9. The minimum Gasteiger partial charge on any atom is -0.493 e. The van der Waals surface area contributed by atoms with Gasteiger partial charge in [-0.1, -0.05) is 0 Å². The maximum atomic E-state index is 13.8. The van der Waals surface area contributed by atoms with E-state index in [1.807, 2.05) is 0 Å². The van der Waals surface area contributed by atoms with Crippen molar-refractivity contribution >= 4 is 11.6 Å². The number of nitro groups is 1. The number of carbonyl (C=O) groups is 1. The van der Waals surface area contributed by atoms with Gasteiger partial charge in [0.15, 0.2) is 0 Å². The molecule has 5 rings (SSSR count). The van der Waals surface area contributed by atoms with Crippen LogP contribution in [0.15, 0.2) is 30.5 Å². The molecule has 3 heterocycles. The number of hydrogen-bond donors (Lipinski definition) is 0. The predicted octanol–water partition coefficient (Wildman–Crippen LogP) is 2.75. The van der Waals surface area contributed by atoms with E-state index < -0.39 is 4.92 Å². The van der Waals surface area contributed by atoms with Gasteiger partial charge in [-0.3, -0.25) is 19.9 Å².